The van der Waals surface area contributed by atoms with Crippen LogP contribution in [0, 0.1) is 22.5 Å². The van der Waals surface area contributed by atoms with Gasteiger partial charge in [-0.05, 0) is 55.5 Å². The maximum absolute atomic E-state index is 15.9. The largest absolute Gasteiger partial charge is 0.504 e. The second-order valence-electron chi connectivity index (χ2n) is 9.38. The van der Waals surface area contributed by atoms with E-state index in [1.54, 1.807) is 13.0 Å². The van der Waals surface area contributed by atoms with Gasteiger partial charge in [0, 0.05) is 17.3 Å². The van der Waals surface area contributed by atoms with Gasteiger partial charge in [0.05, 0.1) is 18.6 Å². The van der Waals surface area contributed by atoms with Gasteiger partial charge in [-0.2, -0.15) is 13.8 Å². The summed E-state index contributed by atoms with van der Waals surface area (Å²) < 4.78 is 59.0. The summed E-state index contributed by atoms with van der Waals surface area (Å²) in [5.74, 6) is -8.20. The number of nitrogens with one attached hydrogen (secondary N) is 3. The number of alkyl halides is 1. The summed E-state index contributed by atoms with van der Waals surface area (Å²) in [6.07, 6.45) is -0.581. The fraction of sp³-hybridized carbons (Fsp3) is 0.133. The lowest BCUT2D eigenvalue weighted by Gasteiger charge is -2.17. The molecular weight excluding hydrogens is 630 g/mol. The second kappa shape index (κ2) is 14.3. The van der Waals surface area contributed by atoms with Crippen LogP contribution in [0.3, 0.4) is 0 Å². The maximum atomic E-state index is 15.9. The van der Waals surface area contributed by atoms with Crippen molar-refractivity contribution in [2.24, 2.45) is 11.5 Å². The third-order valence-corrected chi connectivity index (χ3v) is 6.35. The zero-order valence-corrected chi connectivity index (χ0v) is 24.9. The van der Waals surface area contributed by atoms with Gasteiger partial charge >= 0.3 is 5.97 Å². The van der Waals surface area contributed by atoms with Gasteiger partial charge < -0.3 is 45.6 Å². The van der Waals surface area contributed by atoms with Crippen molar-refractivity contribution in [3.05, 3.63) is 83.4 Å². The number of halogens is 3. The van der Waals surface area contributed by atoms with E-state index >= 15 is 8.78 Å². The molecule has 1 atom stereocenters. The number of phenols is 1. The number of hydrogen-bond acceptors (Lipinski definition) is 10. The molecule has 13 nitrogen and oxygen atoms in total. The van der Waals surface area contributed by atoms with Crippen molar-refractivity contribution in [2.45, 2.75) is 13.0 Å². The highest BCUT2D eigenvalue weighted by atomic mass is 35.5. The molecule has 0 aliphatic heterocycles. The van der Waals surface area contributed by atoms with E-state index in [4.69, 9.17) is 57.6 Å². The quantitative estimate of drug-likeness (QED) is 0.0463. The minimum absolute atomic E-state index is 0.00537. The SMILES string of the molecule is COc1cc(C(=O)OC(C)CCl)ccc1Oc1c(F)c(Oc2cccc(NC(=N)N)c2)nc(Oc2cc(C(=N)N)ccc2O)c1F. The second-order valence-corrected chi connectivity index (χ2v) is 9.69. The van der Waals surface area contributed by atoms with Crippen LogP contribution in [0.4, 0.5) is 14.5 Å². The lowest BCUT2D eigenvalue weighted by Crippen LogP contribution is -2.20. The van der Waals surface area contributed by atoms with Gasteiger partial charge in [0.25, 0.3) is 11.8 Å². The Bertz CT molecular complexity index is 1810. The molecule has 0 aliphatic rings. The number of esters is 1. The molecule has 3 aromatic carbocycles. The lowest BCUT2D eigenvalue weighted by molar-refractivity contribution is 0.0383. The van der Waals surface area contributed by atoms with Crippen molar-refractivity contribution in [2.75, 3.05) is 18.3 Å². The number of ether oxygens (including phenoxy) is 5. The molecule has 4 aromatic rings. The van der Waals surface area contributed by atoms with Gasteiger partial charge in [-0.3, -0.25) is 10.8 Å². The highest BCUT2D eigenvalue weighted by molar-refractivity contribution is 6.18. The van der Waals surface area contributed by atoms with E-state index in [0.29, 0.717) is 5.69 Å². The van der Waals surface area contributed by atoms with Gasteiger partial charge in [-0.25, -0.2) is 4.79 Å². The topological polar surface area (TPSA) is 208 Å². The van der Waals surface area contributed by atoms with Crippen molar-refractivity contribution in [3.63, 3.8) is 0 Å². The van der Waals surface area contributed by atoms with Crippen LogP contribution in [-0.4, -0.2) is 46.9 Å². The monoisotopic (exact) mass is 656 g/mol. The normalized spacial score (nSPS) is 11.2. The highest BCUT2D eigenvalue weighted by Gasteiger charge is 2.28. The molecular formula is C30H27ClF2N6O7. The van der Waals surface area contributed by atoms with Gasteiger partial charge in [-0.1, -0.05) is 6.07 Å². The number of phenolic OH excluding ortho intramolecular Hbond substituents is 1. The first-order chi connectivity index (χ1) is 21.9. The fourth-order valence-corrected chi connectivity index (χ4v) is 3.81. The Balaban J connectivity index is 1.80. The van der Waals surface area contributed by atoms with Crippen LogP contribution >= 0.6 is 11.6 Å². The van der Waals surface area contributed by atoms with E-state index in [1.807, 2.05) is 0 Å². The molecule has 8 N–H and O–H groups in total. The Labute approximate surface area is 265 Å². The van der Waals surface area contributed by atoms with Crippen LogP contribution in [0.5, 0.6) is 46.3 Å². The zero-order chi connectivity index (χ0) is 33.5. The van der Waals surface area contributed by atoms with Gasteiger partial charge in [-0.15, -0.1) is 11.6 Å². The maximum Gasteiger partial charge on any atom is 0.338 e. The Hall–Kier alpha value is -5.83. The minimum Gasteiger partial charge on any atom is -0.504 e. The molecule has 0 saturated heterocycles. The van der Waals surface area contributed by atoms with Crippen molar-refractivity contribution in [1.29, 1.82) is 10.8 Å². The molecule has 1 aromatic heterocycles. The number of nitrogens with two attached hydrogens (primary N) is 2. The van der Waals surface area contributed by atoms with E-state index in [1.165, 1.54) is 49.6 Å². The predicted octanol–water partition coefficient (Wildman–Crippen LogP) is 5.82. The smallest absolute Gasteiger partial charge is 0.338 e. The first kappa shape index (κ1) is 33.1. The molecule has 46 heavy (non-hydrogen) atoms. The molecule has 1 unspecified atom stereocenters. The molecule has 0 radical (unpaired) electrons. The van der Waals surface area contributed by atoms with Crippen LogP contribution in [0.15, 0.2) is 60.7 Å². The number of carbonyl (C=O) groups excluding carboxylic acids is 1. The summed E-state index contributed by atoms with van der Waals surface area (Å²) in [6.45, 7) is 1.60. The number of guanidine groups is 1. The van der Waals surface area contributed by atoms with Crippen molar-refractivity contribution < 1.29 is 42.4 Å². The molecule has 0 bridgehead atoms. The van der Waals surface area contributed by atoms with E-state index < -0.39 is 47.0 Å². The summed E-state index contributed by atoms with van der Waals surface area (Å²) in [5, 5.41) is 27.9. The van der Waals surface area contributed by atoms with Crippen LogP contribution in [-0.2, 0) is 4.74 Å². The Morgan fingerprint density at radius 3 is 2.28 bits per heavy atom. The number of anilines is 1. The van der Waals surface area contributed by atoms with Crippen molar-refractivity contribution in [1.82, 2.24) is 4.98 Å². The predicted molar refractivity (Wildman–Crippen MR) is 164 cm³/mol. The Kier molecular flexibility index (Phi) is 10.3. The average Bonchev–Trinajstić information content (AvgIpc) is 3.02. The number of pyridine rings is 1. The van der Waals surface area contributed by atoms with E-state index in [0.717, 1.165) is 12.1 Å². The van der Waals surface area contributed by atoms with Gasteiger partial charge in [0.15, 0.2) is 29.0 Å². The summed E-state index contributed by atoms with van der Waals surface area (Å²) >= 11 is 5.71. The third kappa shape index (κ3) is 7.81. The molecule has 0 spiro atoms. The lowest BCUT2D eigenvalue weighted by atomic mass is 10.2. The Morgan fingerprint density at radius 1 is 0.957 bits per heavy atom. The number of aromatic hydroxyl groups is 1. The molecule has 16 heteroatoms. The number of benzene rings is 3. The zero-order valence-electron chi connectivity index (χ0n) is 24.2. The summed E-state index contributed by atoms with van der Waals surface area (Å²) in [7, 11) is 1.24. The number of hydrogen-bond donors (Lipinski definition) is 6. The van der Waals surface area contributed by atoms with E-state index in [-0.39, 0.29) is 51.8 Å². The summed E-state index contributed by atoms with van der Waals surface area (Å²) in [4.78, 5) is 16.3. The third-order valence-electron chi connectivity index (χ3n) is 5.92. The molecule has 0 aliphatic carbocycles. The summed E-state index contributed by atoms with van der Waals surface area (Å²) in [5.41, 5.74) is 11.4. The highest BCUT2D eigenvalue weighted by Crippen LogP contribution is 2.43. The Morgan fingerprint density at radius 2 is 1.63 bits per heavy atom. The van der Waals surface area contributed by atoms with Gasteiger partial charge in [0.1, 0.15) is 17.7 Å². The number of methoxy groups -OCH3 is 1. The van der Waals surface area contributed by atoms with Crippen LogP contribution in [0.1, 0.15) is 22.8 Å². The molecule has 0 fully saturated rings. The van der Waals surface area contributed by atoms with Crippen LogP contribution < -0.4 is 35.7 Å². The van der Waals surface area contributed by atoms with E-state index in [9.17, 15) is 9.90 Å². The van der Waals surface area contributed by atoms with Crippen molar-refractivity contribution >= 4 is 35.1 Å². The van der Waals surface area contributed by atoms with Crippen LogP contribution in [0.25, 0.3) is 0 Å². The number of nitrogen functional groups attached to an aromatic ring is 1. The van der Waals surface area contributed by atoms with Gasteiger partial charge in [0.2, 0.25) is 17.4 Å². The molecule has 1 heterocycles. The van der Waals surface area contributed by atoms with Crippen LogP contribution in [0.2, 0.25) is 0 Å². The molecule has 0 amide bonds. The number of nitrogens with zero attached hydrogens (tertiary/aromatic N) is 1. The summed E-state index contributed by atoms with van der Waals surface area (Å²) in [6, 6.07) is 13.2. The minimum atomic E-state index is -1.45. The first-order valence-electron chi connectivity index (χ1n) is 13.2. The molecule has 240 valence electrons. The van der Waals surface area contributed by atoms with E-state index in [2.05, 4.69) is 10.3 Å². The molecule has 4 rings (SSSR count). The number of rotatable bonds is 12. The number of aromatic nitrogens is 1. The number of amidine groups is 1. The van der Waals surface area contributed by atoms with Crippen molar-refractivity contribution in [3.8, 4) is 46.3 Å². The number of carbonyl (C=O) groups is 1. The average molecular weight is 657 g/mol. The molecule has 0 saturated carbocycles. The fourth-order valence-electron chi connectivity index (χ4n) is 3.75. The first-order valence-corrected chi connectivity index (χ1v) is 13.7. The standard InChI is InChI=1S/C30H27ClF2N6O7/c1-14(13-31)43-29(41)16-7-9-20(22(11-16)42-2)45-25-23(32)27(44-18-5-3-4-17(12-18)38-30(36)37)39-28(24(25)33)46-21-10-15(26(34)35)6-8-19(21)40/h3-12,14,40H,13H2,1-2H3,(H3,34,35)(H4,36,37,38).